The first-order valence-corrected chi connectivity index (χ1v) is 17.9. The number of carbonyl (C=O) groups is 2. The highest BCUT2D eigenvalue weighted by atomic mass is 35.5. The summed E-state index contributed by atoms with van der Waals surface area (Å²) in [5, 5.41) is 21.1. The lowest BCUT2D eigenvalue weighted by Crippen LogP contribution is -2.40. The molecule has 0 amide bonds. The van der Waals surface area contributed by atoms with Crippen LogP contribution in [0.15, 0.2) is 64.2 Å². The third kappa shape index (κ3) is 15.3. The van der Waals surface area contributed by atoms with Gasteiger partial charge in [-0.1, -0.05) is 35.5 Å². The van der Waals surface area contributed by atoms with Crippen LogP contribution in [0.3, 0.4) is 0 Å². The maximum Gasteiger partial charge on any atom is 0.323 e. The van der Waals surface area contributed by atoms with Gasteiger partial charge in [-0.25, -0.2) is 9.97 Å². The van der Waals surface area contributed by atoms with Gasteiger partial charge < -0.3 is 47.3 Å². The first-order chi connectivity index (χ1) is 25.6. The van der Waals surface area contributed by atoms with Gasteiger partial charge in [-0.3, -0.25) is 9.59 Å². The molecule has 0 saturated heterocycles. The van der Waals surface area contributed by atoms with Gasteiger partial charge in [0.05, 0.1) is 11.3 Å². The minimum absolute atomic E-state index is 0. The second-order valence-electron chi connectivity index (χ2n) is 11.7. The van der Waals surface area contributed by atoms with Crippen molar-refractivity contribution in [3.8, 4) is 40.5 Å². The van der Waals surface area contributed by atoms with Crippen molar-refractivity contribution in [3.05, 3.63) is 76.6 Å². The molecule has 2 aromatic carbocycles. The molecule has 3 atom stereocenters. The lowest BCUT2D eigenvalue weighted by molar-refractivity contribution is -0.162. The molecule has 4 aromatic rings. The molecular weight excluding hydrogens is 864 g/mol. The molecule has 0 aliphatic rings. The zero-order chi connectivity index (χ0) is 38.3. The van der Waals surface area contributed by atoms with Crippen molar-refractivity contribution >= 4 is 90.7 Å². The molecule has 0 bridgehead atoms. The highest BCUT2D eigenvalue weighted by Crippen LogP contribution is 2.37. The van der Waals surface area contributed by atoms with Gasteiger partial charge in [0.1, 0.15) is 65.9 Å². The maximum atomic E-state index is 12.7. The maximum absolute atomic E-state index is 12.7. The average Bonchev–Trinajstić information content (AvgIpc) is 3.65. The molecule has 57 heavy (non-hydrogen) atoms. The number of thioether (sulfide) groups is 1. The Labute approximate surface area is 364 Å². The van der Waals surface area contributed by atoms with Crippen LogP contribution < -0.4 is 33.4 Å². The Kier molecular flexibility index (Phi) is 24.9. The molecule has 0 fully saturated rings. The van der Waals surface area contributed by atoms with Gasteiger partial charge in [-0.15, -0.1) is 49.6 Å². The monoisotopic (exact) mass is 905 g/mol. The number of oxazole rings is 1. The minimum Gasteiger partial charge on any atom is -0.490 e. The van der Waals surface area contributed by atoms with Gasteiger partial charge in [0.25, 0.3) is 0 Å². The van der Waals surface area contributed by atoms with E-state index in [2.05, 4.69) is 22.1 Å². The molecule has 2 heterocycles. The Morgan fingerprint density at radius 1 is 0.825 bits per heavy atom. The molecule has 0 aliphatic heterocycles. The smallest absolute Gasteiger partial charge is 0.323 e. The molecule has 15 nitrogen and oxygen atoms in total. The molecular formula is C36H44Cl5N9O6S. The number of anilines is 1. The number of ether oxygens (including phenoxy) is 3. The standard InChI is InChI=1S/C36H40ClN9O6S.4ClH/c37-23-9-5-22(6-10-23)33-45-24(17-50-33)20-53-34-28(16-41)31(27(15-40)32(44)46-34)21-7-11-25(12-8-21)49-18-26(52-36(48)30(43)4-2-14-39)19-51-35(47)29(42)3-1-13-38;;;;/h5-12,17,26,29-30H,1-4,13-14,18-20,38-39,42-43H2,(H2,44,46);4*1H/t26-,29-,30?;;;;/m0..../s1. The number of nitrogens with zero attached hydrogens (tertiary/aromatic N) is 4. The van der Waals surface area contributed by atoms with E-state index in [0.29, 0.717) is 83.0 Å². The van der Waals surface area contributed by atoms with E-state index in [1.807, 2.05) is 0 Å². The zero-order valence-corrected chi connectivity index (χ0v) is 35.2. The van der Waals surface area contributed by atoms with Crippen LogP contribution in [0.4, 0.5) is 5.82 Å². The van der Waals surface area contributed by atoms with E-state index in [9.17, 15) is 20.1 Å². The number of rotatable bonds is 19. The lowest BCUT2D eigenvalue weighted by atomic mass is 9.97. The molecule has 310 valence electrons. The van der Waals surface area contributed by atoms with E-state index >= 15 is 0 Å². The summed E-state index contributed by atoms with van der Waals surface area (Å²) in [7, 11) is 0. The van der Waals surface area contributed by atoms with Crippen LogP contribution in [0.1, 0.15) is 42.5 Å². The fourth-order valence-electron chi connectivity index (χ4n) is 4.90. The van der Waals surface area contributed by atoms with Crippen molar-refractivity contribution in [3.63, 3.8) is 0 Å². The van der Waals surface area contributed by atoms with E-state index in [4.69, 9.17) is 58.9 Å². The van der Waals surface area contributed by atoms with E-state index in [-0.39, 0.29) is 79.8 Å². The molecule has 0 spiro atoms. The Hall–Kier alpha value is -4.04. The Morgan fingerprint density at radius 2 is 1.40 bits per heavy atom. The van der Waals surface area contributed by atoms with E-state index in [0.717, 1.165) is 5.56 Å². The van der Waals surface area contributed by atoms with Crippen LogP contribution in [0.2, 0.25) is 5.02 Å². The second kappa shape index (κ2) is 26.8. The average molecular weight is 908 g/mol. The summed E-state index contributed by atoms with van der Waals surface area (Å²) in [6.07, 6.45) is 2.21. The Bertz CT molecular complexity index is 1950. The predicted molar refractivity (Wildman–Crippen MR) is 228 cm³/mol. The molecule has 4 rings (SSSR count). The normalized spacial score (nSPS) is 11.7. The van der Waals surface area contributed by atoms with Crippen molar-refractivity contribution in [2.75, 3.05) is 32.0 Å². The number of hydrogen-bond donors (Lipinski definition) is 5. The third-order valence-corrected chi connectivity index (χ3v) is 8.99. The number of halogens is 5. The minimum atomic E-state index is -1.02. The number of nitriles is 2. The number of nitrogens with two attached hydrogens (primary N) is 5. The van der Waals surface area contributed by atoms with Crippen LogP contribution in [-0.4, -0.2) is 66.4 Å². The van der Waals surface area contributed by atoms with Gasteiger partial charge in [-0.05, 0) is 80.7 Å². The van der Waals surface area contributed by atoms with Gasteiger partial charge in [0.2, 0.25) is 5.89 Å². The van der Waals surface area contributed by atoms with Crippen molar-refractivity contribution in [1.82, 2.24) is 9.97 Å². The molecule has 10 N–H and O–H groups in total. The fourth-order valence-corrected chi connectivity index (χ4v) is 5.90. The number of carbonyl (C=O) groups excluding carboxylic acids is 2. The van der Waals surface area contributed by atoms with Gasteiger partial charge >= 0.3 is 11.9 Å². The van der Waals surface area contributed by atoms with Crippen LogP contribution >= 0.6 is 73.0 Å². The van der Waals surface area contributed by atoms with E-state index < -0.39 is 30.1 Å². The third-order valence-electron chi connectivity index (χ3n) is 7.73. The van der Waals surface area contributed by atoms with Crippen molar-refractivity contribution in [1.29, 1.82) is 10.5 Å². The highest BCUT2D eigenvalue weighted by molar-refractivity contribution is 7.98. The Balaban J connectivity index is 0.00000784. The second-order valence-corrected chi connectivity index (χ2v) is 13.1. The summed E-state index contributed by atoms with van der Waals surface area (Å²) in [6.45, 7) is 0.204. The van der Waals surface area contributed by atoms with E-state index in [1.165, 1.54) is 18.0 Å². The van der Waals surface area contributed by atoms with Crippen molar-refractivity contribution < 1.29 is 28.2 Å². The van der Waals surface area contributed by atoms with Crippen molar-refractivity contribution in [2.45, 2.75) is 54.6 Å². The summed E-state index contributed by atoms with van der Waals surface area (Å²) >= 11 is 7.20. The Morgan fingerprint density at radius 3 is 1.98 bits per heavy atom. The fraction of sp³-hybridized carbons (Fsp3) is 0.333. The SMILES string of the molecule is Cl.Cl.Cl.Cl.N#Cc1c(N)nc(SCc2coc(-c3ccc(Cl)cc3)n2)c(C#N)c1-c1ccc(OC[C@@H](COC(=O)[C@@H](N)CCCN)OC(=O)C(N)CCCN)cc1. The number of pyridine rings is 1. The molecule has 21 heteroatoms. The lowest BCUT2D eigenvalue weighted by Gasteiger charge is -2.21. The quantitative estimate of drug-likeness (QED) is 0.0587. The van der Waals surface area contributed by atoms with Crippen LogP contribution in [0.25, 0.3) is 22.6 Å². The van der Waals surface area contributed by atoms with Gasteiger partial charge in [0, 0.05) is 21.9 Å². The number of nitrogen functional groups attached to an aromatic ring is 1. The number of aromatic nitrogens is 2. The molecule has 0 radical (unpaired) electrons. The number of hydrogen-bond acceptors (Lipinski definition) is 16. The molecule has 0 saturated carbocycles. The summed E-state index contributed by atoms with van der Waals surface area (Å²) in [4.78, 5) is 33.9. The van der Waals surface area contributed by atoms with Crippen LogP contribution in [-0.2, 0) is 24.8 Å². The predicted octanol–water partition coefficient (Wildman–Crippen LogP) is 5.33. The molecule has 2 aromatic heterocycles. The van der Waals surface area contributed by atoms with Gasteiger partial charge in [-0.2, -0.15) is 10.5 Å². The zero-order valence-electron chi connectivity index (χ0n) is 30.3. The van der Waals surface area contributed by atoms with Crippen LogP contribution in [0, 0.1) is 22.7 Å². The number of esters is 2. The topological polar surface area (TPSA) is 278 Å². The van der Waals surface area contributed by atoms with Crippen molar-refractivity contribution in [2.24, 2.45) is 22.9 Å². The first kappa shape index (κ1) is 53.0. The molecule has 1 unspecified atom stereocenters. The van der Waals surface area contributed by atoms with Gasteiger partial charge in [0.15, 0.2) is 6.10 Å². The number of benzene rings is 2. The summed E-state index contributed by atoms with van der Waals surface area (Å²) < 4.78 is 22.4. The summed E-state index contributed by atoms with van der Waals surface area (Å²) in [6, 6.07) is 16.0. The largest absolute Gasteiger partial charge is 0.490 e. The summed E-state index contributed by atoms with van der Waals surface area (Å²) in [5.74, 6) is -0.353. The van der Waals surface area contributed by atoms with E-state index in [1.54, 1.807) is 48.5 Å². The highest BCUT2D eigenvalue weighted by Gasteiger charge is 2.25. The van der Waals surface area contributed by atoms with Crippen LogP contribution in [0.5, 0.6) is 5.75 Å². The molecule has 0 aliphatic carbocycles. The first-order valence-electron chi connectivity index (χ1n) is 16.6. The summed E-state index contributed by atoms with van der Waals surface area (Å²) in [5.41, 5.74) is 31.4.